The standard InChI is InChI=1S/C6H8N2O/c1-4-2-6(7)8-3-5(4)9/h2-3,9H,1H3,(H2,7,8). The van der Waals surface area contributed by atoms with Crippen molar-refractivity contribution in [2.24, 2.45) is 0 Å². The zero-order chi connectivity index (χ0) is 6.85. The zero-order valence-electron chi connectivity index (χ0n) is 5.13. The number of anilines is 1. The minimum absolute atomic E-state index is 0.184. The first kappa shape index (κ1) is 5.88. The number of nitrogen functional groups attached to an aromatic ring is 1. The Labute approximate surface area is 53.2 Å². The Bertz CT molecular complexity index is 222. The van der Waals surface area contributed by atoms with Crippen molar-refractivity contribution in [3.05, 3.63) is 17.8 Å². The van der Waals surface area contributed by atoms with E-state index in [-0.39, 0.29) is 5.75 Å². The van der Waals surface area contributed by atoms with Crippen molar-refractivity contribution in [2.75, 3.05) is 5.73 Å². The van der Waals surface area contributed by atoms with E-state index in [4.69, 9.17) is 10.8 Å². The molecule has 1 rings (SSSR count). The van der Waals surface area contributed by atoms with Crippen LogP contribution in [0.2, 0.25) is 0 Å². The average molecular weight is 124 g/mol. The molecule has 0 atom stereocenters. The van der Waals surface area contributed by atoms with Gasteiger partial charge in [-0.15, -0.1) is 0 Å². The molecule has 0 saturated heterocycles. The molecule has 3 heteroatoms. The van der Waals surface area contributed by atoms with Gasteiger partial charge in [0.2, 0.25) is 0 Å². The lowest BCUT2D eigenvalue weighted by Crippen LogP contribution is -1.89. The summed E-state index contributed by atoms with van der Waals surface area (Å²) in [4.78, 5) is 3.67. The van der Waals surface area contributed by atoms with Gasteiger partial charge in [-0.05, 0) is 18.6 Å². The molecule has 0 radical (unpaired) electrons. The lowest BCUT2D eigenvalue weighted by molar-refractivity contribution is 0.468. The minimum Gasteiger partial charge on any atom is -0.506 e. The molecule has 1 heterocycles. The molecule has 0 aliphatic rings. The van der Waals surface area contributed by atoms with Gasteiger partial charge in [-0.25, -0.2) is 4.98 Å². The Morgan fingerprint density at radius 2 is 2.33 bits per heavy atom. The molecular formula is C6H8N2O. The van der Waals surface area contributed by atoms with Gasteiger partial charge in [0.05, 0.1) is 6.20 Å². The van der Waals surface area contributed by atoms with E-state index < -0.39 is 0 Å². The zero-order valence-corrected chi connectivity index (χ0v) is 5.13. The summed E-state index contributed by atoms with van der Waals surface area (Å²) in [5.41, 5.74) is 6.06. The molecule has 0 aliphatic carbocycles. The van der Waals surface area contributed by atoms with E-state index >= 15 is 0 Å². The summed E-state index contributed by atoms with van der Waals surface area (Å²) in [6.45, 7) is 1.77. The van der Waals surface area contributed by atoms with E-state index in [9.17, 15) is 0 Å². The SMILES string of the molecule is Cc1cc(N)ncc1O. The normalized spacial score (nSPS) is 9.44. The topological polar surface area (TPSA) is 59.1 Å². The summed E-state index contributed by atoms with van der Waals surface area (Å²) in [7, 11) is 0. The number of hydrogen-bond donors (Lipinski definition) is 2. The summed E-state index contributed by atoms with van der Waals surface area (Å²) >= 11 is 0. The lowest BCUT2D eigenvalue weighted by Gasteiger charge is -1.96. The highest BCUT2D eigenvalue weighted by atomic mass is 16.3. The molecule has 0 unspecified atom stereocenters. The average Bonchev–Trinajstić information content (AvgIpc) is 1.80. The van der Waals surface area contributed by atoms with Crippen molar-refractivity contribution >= 4 is 5.82 Å². The van der Waals surface area contributed by atoms with Crippen LogP contribution >= 0.6 is 0 Å². The minimum atomic E-state index is 0.184. The first-order chi connectivity index (χ1) is 4.20. The second-order valence-electron chi connectivity index (χ2n) is 1.90. The maximum absolute atomic E-state index is 8.93. The van der Waals surface area contributed by atoms with E-state index in [1.807, 2.05) is 0 Å². The van der Waals surface area contributed by atoms with E-state index in [1.54, 1.807) is 13.0 Å². The van der Waals surface area contributed by atoms with E-state index in [1.165, 1.54) is 6.20 Å². The highest BCUT2D eigenvalue weighted by Crippen LogP contribution is 2.14. The molecule has 0 aromatic carbocycles. The van der Waals surface area contributed by atoms with Crippen LogP contribution in [0, 0.1) is 6.92 Å². The summed E-state index contributed by atoms with van der Waals surface area (Å²) in [6, 6.07) is 1.62. The Morgan fingerprint density at radius 3 is 2.78 bits per heavy atom. The van der Waals surface area contributed by atoms with Crippen LogP contribution in [0.4, 0.5) is 5.82 Å². The molecule has 3 nitrogen and oxygen atoms in total. The molecule has 1 aromatic heterocycles. The predicted molar refractivity (Wildman–Crippen MR) is 35.1 cm³/mol. The quantitative estimate of drug-likeness (QED) is 0.534. The van der Waals surface area contributed by atoms with E-state index in [2.05, 4.69) is 4.98 Å². The molecule has 0 saturated carbocycles. The van der Waals surface area contributed by atoms with Gasteiger partial charge >= 0.3 is 0 Å². The molecule has 0 amide bonds. The van der Waals surface area contributed by atoms with Crippen LogP contribution in [0.15, 0.2) is 12.3 Å². The van der Waals surface area contributed by atoms with Gasteiger partial charge in [-0.1, -0.05) is 0 Å². The van der Waals surface area contributed by atoms with Gasteiger partial charge in [0.25, 0.3) is 0 Å². The predicted octanol–water partition coefficient (Wildman–Crippen LogP) is 0.678. The van der Waals surface area contributed by atoms with Gasteiger partial charge < -0.3 is 10.8 Å². The molecular weight excluding hydrogens is 116 g/mol. The van der Waals surface area contributed by atoms with Gasteiger partial charge in [0, 0.05) is 0 Å². The number of nitrogens with two attached hydrogens (primary N) is 1. The molecule has 0 aliphatic heterocycles. The molecule has 0 fully saturated rings. The molecule has 0 spiro atoms. The highest BCUT2D eigenvalue weighted by molar-refractivity contribution is 5.38. The third-order valence-corrected chi connectivity index (χ3v) is 1.10. The Morgan fingerprint density at radius 1 is 1.67 bits per heavy atom. The second kappa shape index (κ2) is 1.93. The number of rotatable bonds is 0. The van der Waals surface area contributed by atoms with Gasteiger partial charge in [-0.3, -0.25) is 0 Å². The van der Waals surface area contributed by atoms with Crippen molar-refractivity contribution in [1.82, 2.24) is 4.98 Å². The number of aromatic nitrogens is 1. The number of nitrogens with zero attached hydrogens (tertiary/aromatic N) is 1. The van der Waals surface area contributed by atoms with Crippen molar-refractivity contribution in [3.8, 4) is 5.75 Å². The molecule has 9 heavy (non-hydrogen) atoms. The Kier molecular flexibility index (Phi) is 1.26. The van der Waals surface area contributed by atoms with Crippen LogP contribution in [0.3, 0.4) is 0 Å². The number of pyridine rings is 1. The summed E-state index contributed by atoms with van der Waals surface area (Å²) in [6.07, 6.45) is 1.34. The maximum atomic E-state index is 8.93. The second-order valence-corrected chi connectivity index (χ2v) is 1.90. The number of aromatic hydroxyl groups is 1. The molecule has 1 aromatic rings. The van der Waals surface area contributed by atoms with Crippen LogP contribution < -0.4 is 5.73 Å². The molecule has 0 bridgehead atoms. The van der Waals surface area contributed by atoms with E-state index in [0.717, 1.165) is 5.56 Å². The fourth-order valence-corrected chi connectivity index (χ4v) is 0.571. The first-order valence-corrected chi connectivity index (χ1v) is 2.61. The van der Waals surface area contributed by atoms with Gasteiger partial charge in [-0.2, -0.15) is 0 Å². The third-order valence-electron chi connectivity index (χ3n) is 1.10. The smallest absolute Gasteiger partial charge is 0.136 e. The molecule has 48 valence electrons. The Balaban J connectivity index is 3.17. The highest BCUT2D eigenvalue weighted by Gasteiger charge is 1.93. The third kappa shape index (κ3) is 1.10. The summed E-state index contributed by atoms with van der Waals surface area (Å²) in [5.74, 6) is 0.620. The first-order valence-electron chi connectivity index (χ1n) is 2.61. The summed E-state index contributed by atoms with van der Waals surface area (Å²) in [5, 5.41) is 8.93. The van der Waals surface area contributed by atoms with Crippen molar-refractivity contribution < 1.29 is 5.11 Å². The maximum Gasteiger partial charge on any atom is 0.136 e. The van der Waals surface area contributed by atoms with Crippen molar-refractivity contribution in [1.29, 1.82) is 0 Å². The fourth-order valence-electron chi connectivity index (χ4n) is 0.571. The van der Waals surface area contributed by atoms with Gasteiger partial charge in [0.1, 0.15) is 11.6 Å². The Hall–Kier alpha value is -1.25. The lowest BCUT2D eigenvalue weighted by atomic mass is 10.3. The number of hydrogen-bond acceptors (Lipinski definition) is 3. The van der Waals surface area contributed by atoms with Gasteiger partial charge in [0.15, 0.2) is 0 Å². The number of aryl methyl sites for hydroxylation is 1. The summed E-state index contributed by atoms with van der Waals surface area (Å²) < 4.78 is 0. The largest absolute Gasteiger partial charge is 0.506 e. The van der Waals surface area contributed by atoms with Crippen LogP contribution in [0.25, 0.3) is 0 Å². The molecule has 3 N–H and O–H groups in total. The monoisotopic (exact) mass is 124 g/mol. The van der Waals surface area contributed by atoms with E-state index in [0.29, 0.717) is 5.82 Å². The van der Waals surface area contributed by atoms with Crippen LogP contribution in [0.1, 0.15) is 5.56 Å². The van der Waals surface area contributed by atoms with Crippen LogP contribution in [-0.4, -0.2) is 10.1 Å². The van der Waals surface area contributed by atoms with Crippen molar-refractivity contribution in [3.63, 3.8) is 0 Å². The fraction of sp³-hybridized carbons (Fsp3) is 0.167. The van der Waals surface area contributed by atoms with Crippen LogP contribution in [-0.2, 0) is 0 Å². The van der Waals surface area contributed by atoms with Crippen LogP contribution in [0.5, 0.6) is 5.75 Å². The van der Waals surface area contributed by atoms with Crippen molar-refractivity contribution in [2.45, 2.75) is 6.92 Å².